The predicted molar refractivity (Wildman–Crippen MR) is 121 cm³/mol. The second-order valence-corrected chi connectivity index (χ2v) is 7.81. The summed E-state index contributed by atoms with van der Waals surface area (Å²) in [4.78, 5) is 17.0. The van der Waals surface area contributed by atoms with Crippen LogP contribution in [0, 0.1) is 6.92 Å². The minimum Gasteiger partial charge on any atom is -0.497 e. The fourth-order valence-corrected chi connectivity index (χ4v) is 3.74. The molecule has 0 bridgehead atoms. The van der Waals surface area contributed by atoms with Crippen molar-refractivity contribution in [2.45, 2.75) is 20.0 Å². The zero-order chi connectivity index (χ0) is 22.2. The molecule has 0 aromatic heterocycles. The minimum atomic E-state index is 0.0556. The second-order valence-electron chi connectivity index (χ2n) is 7.81. The van der Waals surface area contributed by atoms with Crippen molar-refractivity contribution in [2.75, 3.05) is 54.1 Å². The fourth-order valence-electron chi connectivity index (χ4n) is 3.74. The van der Waals surface area contributed by atoms with Gasteiger partial charge in [0.05, 0.1) is 27.9 Å². The first-order valence-corrected chi connectivity index (χ1v) is 10.6. The van der Waals surface area contributed by atoms with Gasteiger partial charge in [0.25, 0.3) is 0 Å². The minimum absolute atomic E-state index is 0.0556. The molecule has 0 radical (unpaired) electrons. The van der Waals surface area contributed by atoms with Crippen LogP contribution in [-0.4, -0.2) is 69.8 Å². The summed E-state index contributed by atoms with van der Waals surface area (Å²) in [5.41, 5.74) is 3.49. The van der Waals surface area contributed by atoms with Crippen LogP contribution in [-0.2, 0) is 17.9 Å². The molecule has 7 nitrogen and oxygen atoms in total. The maximum absolute atomic E-state index is 12.3. The van der Waals surface area contributed by atoms with Crippen LogP contribution in [0.5, 0.6) is 17.2 Å². The molecule has 1 aliphatic rings. The number of hydrogen-bond acceptors (Lipinski definition) is 6. The monoisotopic (exact) mass is 427 g/mol. The van der Waals surface area contributed by atoms with E-state index in [1.54, 1.807) is 21.3 Å². The Kier molecular flexibility index (Phi) is 8.14. The summed E-state index contributed by atoms with van der Waals surface area (Å²) in [5, 5.41) is 3.00. The predicted octanol–water partition coefficient (Wildman–Crippen LogP) is 2.45. The highest BCUT2D eigenvalue weighted by molar-refractivity contribution is 5.78. The van der Waals surface area contributed by atoms with Crippen molar-refractivity contribution in [1.29, 1.82) is 0 Å². The van der Waals surface area contributed by atoms with Crippen molar-refractivity contribution in [3.63, 3.8) is 0 Å². The molecule has 2 aromatic carbocycles. The number of hydrogen-bond donors (Lipinski definition) is 1. The molecule has 0 saturated carbocycles. The highest BCUT2D eigenvalue weighted by Crippen LogP contribution is 2.31. The Morgan fingerprint density at radius 3 is 2.13 bits per heavy atom. The molecule has 31 heavy (non-hydrogen) atoms. The Morgan fingerprint density at radius 1 is 0.903 bits per heavy atom. The fraction of sp³-hybridized carbons (Fsp3) is 0.458. The number of nitrogens with one attached hydrogen (secondary N) is 1. The van der Waals surface area contributed by atoms with Crippen LogP contribution in [0.25, 0.3) is 0 Å². The molecule has 7 heteroatoms. The van der Waals surface area contributed by atoms with Crippen molar-refractivity contribution in [1.82, 2.24) is 15.1 Å². The first-order chi connectivity index (χ1) is 15.0. The van der Waals surface area contributed by atoms with Crippen LogP contribution in [0.2, 0.25) is 0 Å². The standard InChI is InChI=1S/C24H33N3O4/c1-18-13-22(30-3)23(31-4)14-20(18)16-26-9-11-27(12-10-26)17-24(28)25-15-19-5-7-21(29-2)8-6-19/h5-8,13-14H,9-12,15-17H2,1-4H3,(H,25,28). The largest absolute Gasteiger partial charge is 0.497 e. The summed E-state index contributed by atoms with van der Waals surface area (Å²) < 4.78 is 16.0. The van der Waals surface area contributed by atoms with E-state index < -0.39 is 0 Å². The number of rotatable bonds is 9. The van der Waals surface area contributed by atoms with E-state index in [2.05, 4.69) is 28.1 Å². The van der Waals surface area contributed by atoms with Crippen LogP contribution < -0.4 is 19.5 Å². The van der Waals surface area contributed by atoms with E-state index in [9.17, 15) is 4.79 Å². The Labute approximate surface area is 184 Å². The van der Waals surface area contributed by atoms with Gasteiger partial charge in [0.15, 0.2) is 11.5 Å². The molecule has 3 rings (SSSR count). The first-order valence-electron chi connectivity index (χ1n) is 10.6. The first kappa shape index (κ1) is 22.9. The van der Waals surface area contributed by atoms with Gasteiger partial charge in [0, 0.05) is 39.3 Å². The van der Waals surface area contributed by atoms with Crippen LogP contribution in [0.4, 0.5) is 0 Å². The van der Waals surface area contributed by atoms with Crippen LogP contribution in [0.1, 0.15) is 16.7 Å². The van der Waals surface area contributed by atoms with E-state index in [0.717, 1.165) is 55.5 Å². The summed E-state index contributed by atoms with van der Waals surface area (Å²) >= 11 is 0. The Bertz CT molecular complexity index is 862. The van der Waals surface area contributed by atoms with E-state index in [1.807, 2.05) is 30.3 Å². The summed E-state index contributed by atoms with van der Waals surface area (Å²) in [5.74, 6) is 2.39. The molecule has 0 aliphatic carbocycles. The van der Waals surface area contributed by atoms with Gasteiger partial charge >= 0.3 is 0 Å². The molecule has 1 amide bonds. The average molecular weight is 428 g/mol. The van der Waals surface area contributed by atoms with E-state index in [0.29, 0.717) is 13.1 Å². The molecular formula is C24H33N3O4. The van der Waals surface area contributed by atoms with Crippen molar-refractivity contribution in [2.24, 2.45) is 0 Å². The lowest BCUT2D eigenvalue weighted by molar-refractivity contribution is -0.122. The Morgan fingerprint density at radius 2 is 1.52 bits per heavy atom. The molecule has 0 atom stereocenters. The highest BCUT2D eigenvalue weighted by Gasteiger charge is 2.20. The van der Waals surface area contributed by atoms with Crippen molar-refractivity contribution in [3.8, 4) is 17.2 Å². The molecule has 0 unspecified atom stereocenters. The number of benzene rings is 2. The molecule has 2 aromatic rings. The quantitative estimate of drug-likeness (QED) is 0.663. The zero-order valence-electron chi connectivity index (χ0n) is 18.9. The normalized spacial score (nSPS) is 14.8. The third-order valence-electron chi connectivity index (χ3n) is 5.72. The van der Waals surface area contributed by atoms with Crippen molar-refractivity contribution in [3.05, 3.63) is 53.1 Å². The number of amides is 1. The van der Waals surface area contributed by atoms with Crippen LogP contribution >= 0.6 is 0 Å². The number of carbonyl (C=O) groups is 1. The van der Waals surface area contributed by atoms with Crippen molar-refractivity contribution < 1.29 is 19.0 Å². The van der Waals surface area contributed by atoms with E-state index >= 15 is 0 Å². The molecule has 0 spiro atoms. The lowest BCUT2D eigenvalue weighted by atomic mass is 10.1. The SMILES string of the molecule is COc1ccc(CNC(=O)CN2CCN(Cc3cc(OC)c(OC)cc3C)CC2)cc1. The van der Waals surface area contributed by atoms with Gasteiger partial charge in [-0.1, -0.05) is 12.1 Å². The number of piperazine rings is 1. The zero-order valence-corrected chi connectivity index (χ0v) is 18.9. The van der Waals surface area contributed by atoms with E-state index in [-0.39, 0.29) is 5.91 Å². The molecule has 1 fully saturated rings. The average Bonchev–Trinajstić information content (AvgIpc) is 2.80. The number of nitrogens with zero attached hydrogens (tertiary/aromatic N) is 2. The molecule has 1 N–H and O–H groups in total. The maximum Gasteiger partial charge on any atom is 0.234 e. The molecule has 1 heterocycles. The molecule has 168 valence electrons. The van der Waals surface area contributed by atoms with Crippen molar-refractivity contribution >= 4 is 5.91 Å². The smallest absolute Gasteiger partial charge is 0.234 e. The van der Waals surface area contributed by atoms with Gasteiger partial charge < -0.3 is 19.5 Å². The van der Waals surface area contributed by atoms with Gasteiger partial charge in [-0.05, 0) is 47.9 Å². The lowest BCUT2D eigenvalue weighted by Crippen LogP contribution is -2.49. The van der Waals surface area contributed by atoms with E-state index in [4.69, 9.17) is 14.2 Å². The van der Waals surface area contributed by atoms with Crippen LogP contribution in [0.15, 0.2) is 36.4 Å². The summed E-state index contributed by atoms with van der Waals surface area (Å²) in [7, 11) is 4.96. The molecule has 1 aliphatic heterocycles. The van der Waals surface area contributed by atoms with Gasteiger partial charge in [0.1, 0.15) is 5.75 Å². The maximum atomic E-state index is 12.3. The number of ether oxygens (including phenoxy) is 3. The Balaban J connectivity index is 1.43. The van der Waals surface area contributed by atoms with Gasteiger partial charge in [0.2, 0.25) is 5.91 Å². The third kappa shape index (κ3) is 6.35. The van der Waals surface area contributed by atoms with Gasteiger partial charge in [-0.3, -0.25) is 14.6 Å². The Hall–Kier alpha value is -2.77. The number of carbonyl (C=O) groups excluding carboxylic acids is 1. The number of aryl methyl sites for hydroxylation is 1. The highest BCUT2D eigenvalue weighted by atomic mass is 16.5. The number of methoxy groups -OCH3 is 3. The summed E-state index contributed by atoms with van der Waals surface area (Å²) in [6.45, 7) is 7.54. The topological polar surface area (TPSA) is 63.3 Å². The molecular weight excluding hydrogens is 394 g/mol. The van der Waals surface area contributed by atoms with Gasteiger partial charge in [-0.2, -0.15) is 0 Å². The van der Waals surface area contributed by atoms with Crippen LogP contribution in [0.3, 0.4) is 0 Å². The summed E-state index contributed by atoms with van der Waals surface area (Å²) in [6, 6.07) is 11.8. The van der Waals surface area contributed by atoms with Gasteiger partial charge in [-0.25, -0.2) is 0 Å². The lowest BCUT2D eigenvalue weighted by Gasteiger charge is -2.34. The molecule has 1 saturated heterocycles. The second kappa shape index (κ2) is 11.0. The third-order valence-corrected chi connectivity index (χ3v) is 5.72. The van der Waals surface area contributed by atoms with E-state index in [1.165, 1.54) is 11.1 Å². The van der Waals surface area contributed by atoms with Gasteiger partial charge in [-0.15, -0.1) is 0 Å². The summed E-state index contributed by atoms with van der Waals surface area (Å²) in [6.07, 6.45) is 0.